The number of likely N-dealkylation sites (N-methyl/N-ethyl adjacent to an activating group) is 1. The van der Waals surface area contributed by atoms with Gasteiger partial charge in [0.1, 0.15) is 0 Å². The Bertz CT molecular complexity index is 649. The number of nitrogens with zero attached hydrogens (tertiary/aromatic N) is 2. The zero-order chi connectivity index (χ0) is 17.0. The second-order valence-corrected chi connectivity index (χ2v) is 5.96. The third kappa shape index (κ3) is 3.89. The average molecular weight is 312 g/mol. The highest BCUT2D eigenvalue weighted by molar-refractivity contribution is 5.82. The lowest BCUT2D eigenvalue weighted by atomic mass is 9.93. The maximum absolute atomic E-state index is 12.7. The zero-order valence-corrected chi connectivity index (χ0v) is 14.1. The highest BCUT2D eigenvalue weighted by Crippen LogP contribution is 2.33. The molecule has 0 spiro atoms. The quantitative estimate of drug-likeness (QED) is 0.782. The first kappa shape index (κ1) is 17.0. The number of benzene rings is 1. The summed E-state index contributed by atoms with van der Waals surface area (Å²) < 4.78 is 0. The van der Waals surface area contributed by atoms with Gasteiger partial charge in [-0.05, 0) is 31.1 Å². The summed E-state index contributed by atoms with van der Waals surface area (Å²) in [5.41, 5.74) is 3.03. The van der Waals surface area contributed by atoms with Crippen LogP contribution in [0.15, 0.2) is 42.6 Å². The Morgan fingerprint density at radius 3 is 2.57 bits per heavy atom. The van der Waals surface area contributed by atoms with E-state index in [1.165, 1.54) is 6.92 Å². The topological polar surface area (TPSA) is 40.6 Å². The van der Waals surface area contributed by atoms with Crippen molar-refractivity contribution in [2.24, 2.45) is 0 Å². The van der Waals surface area contributed by atoms with Crippen molar-refractivity contribution < 1.29 is 9.59 Å². The molecule has 2 rings (SSSR count). The number of fused-ring (bicyclic) bond motifs is 1. The molecule has 0 saturated heterocycles. The Kier molecular flexibility index (Phi) is 5.37. The summed E-state index contributed by atoms with van der Waals surface area (Å²) in [6.45, 7) is 10.5. The molecule has 0 N–H and O–H groups in total. The molecule has 0 bridgehead atoms. The summed E-state index contributed by atoms with van der Waals surface area (Å²) >= 11 is 0. The van der Waals surface area contributed by atoms with Crippen LogP contribution >= 0.6 is 0 Å². The molecule has 1 heterocycles. The largest absolute Gasteiger partial charge is 0.339 e. The predicted octanol–water partition coefficient (Wildman–Crippen LogP) is 3.38. The number of carbonyl (C=O) groups excluding carboxylic acids is 2. The van der Waals surface area contributed by atoms with Gasteiger partial charge >= 0.3 is 0 Å². The lowest BCUT2D eigenvalue weighted by Gasteiger charge is -2.33. The molecule has 1 atom stereocenters. The van der Waals surface area contributed by atoms with Crippen LogP contribution < -0.4 is 0 Å². The van der Waals surface area contributed by atoms with Gasteiger partial charge in [-0.15, -0.1) is 0 Å². The lowest BCUT2D eigenvalue weighted by molar-refractivity contribution is -0.134. The highest BCUT2D eigenvalue weighted by atomic mass is 16.2. The minimum Gasteiger partial charge on any atom is -0.339 e. The van der Waals surface area contributed by atoms with Gasteiger partial charge in [0.05, 0.1) is 12.5 Å². The number of hydrogen-bond acceptors (Lipinski definition) is 2. The van der Waals surface area contributed by atoms with Gasteiger partial charge in [0, 0.05) is 26.2 Å². The average Bonchev–Trinajstić information content (AvgIpc) is 2.52. The smallest absolute Gasteiger partial charge is 0.225 e. The van der Waals surface area contributed by atoms with Crippen molar-refractivity contribution in [2.75, 3.05) is 13.1 Å². The van der Waals surface area contributed by atoms with Gasteiger partial charge in [-0.1, -0.05) is 36.4 Å². The fourth-order valence-corrected chi connectivity index (χ4v) is 2.91. The van der Waals surface area contributed by atoms with Gasteiger partial charge < -0.3 is 9.80 Å². The van der Waals surface area contributed by atoms with E-state index in [9.17, 15) is 9.59 Å². The third-order valence-corrected chi connectivity index (χ3v) is 4.03. The van der Waals surface area contributed by atoms with Crippen molar-refractivity contribution in [1.29, 1.82) is 0 Å². The van der Waals surface area contributed by atoms with Crippen LogP contribution in [0.1, 0.15) is 44.4 Å². The van der Waals surface area contributed by atoms with Gasteiger partial charge in [0.25, 0.3) is 0 Å². The maximum atomic E-state index is 12.7. The molecule has 1 aliphatic heterocycles. The normalized spacial score (nSPS) is 16.0. The Morgan fingerprint density at radius 2 is 1.96 bits per heavy atom. The molecule has 4 nitrogen and oxygen atoms in total. The fraction of sp³-hybridized carbons (Fsp3) is 0.368. The predicted molar refractivity (Wildman–Crippen MR) is 92.4 cm³/mol. The standard InChI is InChI=1S/C19H24N2O2/c1-5-20(13-14(2)3)19(23)12-18-17-9-7-6-8-16(17)10-11-21(18)15(4)22/h6-11,18H,2,5,12-13H2,1,3-4H3. The Morgan fingerprint density at radius 1 is 1.26 bits per heavy atom. The molecule has 122 valence electrons. The van der Waals surface area contributed by atoms with E-state index in [1.807, 2.05) is 44.2 Å². The molecule has 1 aromatic rings. The SMILES string of the molecule is C=C(C)CN(CC)C(=O)CC1c2ccccc2C=CN1C(C)=O. The lowest BCUT2D eigenvalue weighted by Crippen LogP contribution is -2.38. The summed E-state index contributed by atoms with van der Waals surface area (Å²) in [5, 5.41) is 0. The summed E-state index contributed by atoms with van der Waals surface area (Å²) in [7, 11) is 0. The number of amides is 2. The first-order chi connectivity index (χ1) is 10.9. The van der Waals surface area contributed by atoms with E-state index in [2.05, 4.69) is 6.58 Å². The molecule has 2 amide bonds. The summed E-state index contributed by atoms with van der Waals surface area (Å²) in [6.07, 6.45) is 3.98. The van der Waals surface area contributed by atoms with E-state index in [0.29, 0.717) is 13.1 Å². The molecule has 0 aromatic heterocycles. The molecule has 1 aromatic carbocycles. The van der Waals surface area contributed by atoms with Crippen LogP contribution in [0, 0.1) is 0 Å². The Labute approximate surface area is 138 Å². The van der Waals surface area contributed by atoms with Crippen LogP contribution in [-0.2, 0) is 9.59 Å². The molecule has 1 unspecified atom stereocenters. The molecule has 0 fully saturated rings. The van der Waals surface area contributed by atoms with Crippen LogP contribution in [0.5, 0.6) is 0 Å². The van der Waals surface area contributed by atoms with E-state index in [1.54, 1.807) is 16.0 Å². The molecule has 1 aliphatic rings. The minimum atomic E-state index is -0.250. The van der Waals surface area contributed by atoms with E-state index >= 15 is 0 Å². The Hall–Kier alpha value is -2.36. The molecule has 4 heteroatoms. The molecule has 0 saturated carbocycles. The molecular weight excluding hydrogens is 288 g/mol. The third-order valence-electron chi connectivity index (χ3n) is 4.03. The molecule has 23 heavy (non-hydrogen) atoms. The van der Waals surface area contributed by atoms with Crippen LogP contribution in [0.3, 0.4) is 0 Å². The minimum absolute atomic E-state index is 0.0388. The van der Waals surface area contributed by atoms with Gasteiger partial charge in [-0.2, -0.15) is 0 Å². The van der Waals surface area contributed by atoms with E-state index in [0.717, 1.165) is 16.7 Å². The number of carbonyl (C=O) groups is 2. The summed E-state index contributed by atoms with van der Waals surface area (Å²) in [5.74, 6) is -0.0200. The van der Waals surface area contributed by atoms with Crippen LogP contribution in [0.4, 0.5) is 0 Å². The van der Waals surface area contributed by atoms with Crippen molar-refractivity contribution in [1.82, 2.24) is 9.80 Å². The fourth-order valence-electron chi connectivity index (χ4n) is 2.91. The maximum Gasteiger partial charge on any atom is 0.225 e. The second kappa shape index (κ2) is 7.27. The second-order valence-electron chi connectivity index (χ2n) is 5.96. The molecule has 0 aliphatic carbocycles. The first-order valence-corrected chi connectivity index (χ1v) is 7.92. The first-order valence-electron chi connectivity index (χ1n) is 7.92. The van der Waals surface area contributed by atoms with Gasteiger partial charge in [0.15, 0.2) is 0 Å². The van der Waals surface area contributed by atoms with Crippen molar-refractivity contribution in [2.45, 2.75) is 33.2 Å². The van der Waals surface area contributed by atoms with E-state index in [-0.39, 0.29) is 24.3 Å². The van der Waals surface area contributed by atoms with Crippen LogP contribution in [0.25, 0.3) is 6.08 Å². The number of rotatable bonds is 5. The zero-order valence-electron chi connectivity index (χ0n) is 14.1. The van der Waals surface area contributed by atoms with Crippen molar-refractivity contribution >= 4 is 17.9 Å². The number of hydrogen-bond donors (Lipinski definition) is 0. The van der Waals surface area contributed by atoms with Gasteiger partial charge in [-0.25, -0.2) is 0 Å². The van der Waals surface area contributed by atoms with E-state index in [4.69, 9.17) is 0 Å². The summed E-state index contributed by atoms with van der Waals surface area (Å²) in [6, 6.07) is 7.65. The van der Waals surface area contributed by atoms with Crippen LogP contribution in [-0.4, -0.2) is 34.7 Å². The summed E-state index contributed by atoms with van der Waals surface area (Å²) in [4.78, 5) is 28.1. The van der Waals surface area contributed by atoms with E-state index < -0.39 is 0 Å². The van der Waals surface area contributed by atoms with Crippen LogP contribution in [0.2, 0.25) is 0 Å². The van der Waals surface area contributed by atoms with Crippen molar-refractivity contribution in [3.63, 3.8) is 0 Å². The molecule has 0 radical (unpaired) electrons. The van der Waals surface area contributed by atoms with Gasteiger partial charge in [-0.3, -0.25) is 9.59 Å². The molecular formula is C19H24N2O2. The van der Waals surface area contributed by atoms with Crippen molar-refractivity contribution in [3.05, 3.63) is 53.7 Å². The Balaban J connectivity index is 2.27. The highest BCUT2D eigenvalue weighted by Gasteiger charge is 2.29. The van der Waals surface area contributed by atoms with Crippen molar-refractivity contribution in [3.8, 4) is 0 Å². The van der Waals surface area contributed by atoms with Gasteiger partial charge in [0.2, 0.25) is 11.8 Å². The monoisotopic (exact) mass is 312 g/mol.